The third-order valence-electron chi connectivity index (χ3n) is 4.98. The minimum Gasteiger partial charge on any atom is -0.337 e. The van der Waals surface area contributed by atoms with Crippen LogP contribution in [-0.4, -0.2) is 21.5 Å². The van der Waals surface area contributed by atoms with Gasteiger partial charge in [-0.2, -0.15) is 5.10 Å². The van der Waals surface area contributed by atoms with Crippen LogP contribution in [0.25, 0.3) is 0 Å². The summed E-state index contributed by atoms with van der Waals surface area (Å²) in [4.78, 5) is 26.6. The predicted octanol–water partition coefficient (Wildman–Crippen LogP) is 4.31. The van der Waals surface area contributed by atoms with E-state index in [9.17, 15) is 9.59 Å². The Morgan fingerprint density at radius 2 is 1.71 bits per heavy atom. The van der Waals surface area contributed by atoms with Crippen LogP contribution in [0, 0.1) is 13.8 Å². The maximum atomic E-state index is 12.8. The second kappa shape index (κ2) is 8.10. The maximum absolute atomic E-state index is 12.8. The van der Waals surface area contributed by atoms with E-state index in [0.29, 0.717) is 22.9 Å². The first-order valence-corrected chi connectivity index (χ1v) is 10.2. The van der Waals surface area contributed by atoms with E-state index in [-0.39, 0.29) is 6.04 Å². The van der Waals surface area contributed by atoms with Gasteiger partial charge < -0.3 is 5.32 Å². The largest absolute Gasteiger partial charge is 0.337 e. The summed E-state index contributed by atoms with van der Waals surface area (Å²) in [7, 11) is 1.77. The maximum Gasteiger partial charge on any atom is 0.293 e. The van der Waals surface area contributed by atoms with Gasteiger partial charge in [-0.25, -0.2) is 0 Å². The molecule has 1 N–H and O–H groups in total. The highest BCUT2D eigenvalue weighted by Crippen LogP contribution is 2.28. The second-order valence-electron chi connectivity index (χ2n) is 7.24. The van der Waals surface area contributed by atoms with E-state index in [1.807, 2.05) is 29.6 Å². The fourth-order valence-corrected chi connectivity index (χ4v) is 4.06. The standard InChI is InChI=1S/C22H25N3O2S/c1-13(2)16-8-10-17(11-9-16)20(18-7-6-12-28-18)23-22(27)21(26)19-14(3)24-25(5)15(19)4/h6-13,20H,1-5H3,(H,23,27). The van der Waals surface area contributed by atoms with Crippen molar-refractivity contribution >= 4 is 23.0 Å². The Hall–Kier alpha value is -2.73. The van der Waals surface area contributed by atoms with Crippen molar-refractivity contribution in [1.82, 2.24) is 15.1 Å². The highest BCUT2D eigenvalue weighted by Gasteiger charge is 2.27. The number of amides is 1. The number of thiophene rings is 1. The van der Waals surface area contributed by atoms with Crippen molar-refractivity contribution in [2.24, 2.45) is 7.05 Å². The lowest BCUT2D eigenvalue weighted by molar-refractivity contribution is -0.117. The Morgan fingerprint density at radius 1 is 1.07 bits per heavy atom. The Balaban J connectivity index is 1.90. The number of rotatable bonds is 6. The second-order valence-corrected chi connectivity index (χ2v) is 8.22. The number of Topliss-reactive ketones (excluding diaryl/α,β-unsaturated/α-hetero) is 1. The van der Waals surface area contributed by atoms with Crippen LogP contribution in [0.5, 0.6) is 0 Å². The summed E-state index contributed by atoms with van der Waals surface area (Å²) >= 11 is 1.55. The lowest BCUT2D eigenvalue weighted by Crippen LogP contribution is -2.35. The van der Waals surface area contributed by atoms with Gasteiger partial charge in [0.25, 0.3) is 11.7 Å². The number of aromatic nitrogens is 2. The smallest absolute Gasteiger partial charge is 0.293 e. The van der Waals surface area contributed by atoms with Crippen LogP contribution in [0.1, 0.15) is 63.6 Å². The summed E-state index contributed by atoms with van der Waals surface area (Å²) in [6.45, 7) is 7.83. The van der Waals surface area contributed by atoms with Crippen molar-refractivity contribution in [1.29, 1.82) is 0 Å². The molecule has 6 heteroatoms. The van der Waals surface area contributed by atoms with E-state index in [1.54, 1.807) is 36.9 Å². The van der Waals surface area contributed by atoms with Gasteiger partial charge in [-0.15, -0.1) is 11.3 Å². The molecule has 0 aliphatic carbocycles. The number of hydrogen-bond donors (Lipinski definition) is 1. The van der Waals surface area contributed by atoms with Crippen molar-refractivity contribution in [2.45, 2.75) is 39.7 Å². The zero-order chi connectivity index (χ0) is 20.4. The Labute approximate surface area is 169 Å². The highest BCUT2D eigenvalue weighted by atomic mass is 32.1. The summed E-state index contributed by atoms with van der Waals surface area (Å²) in [5, 5.41) is 9.14. The molecule has 0 radical (unpaired) electrons. The van der Waals surface area contributed by atoms with Gasteiger partial charge in [0, 0.05) is 17.6 Å². The molecule has 0 aliphatic rings. The third kappa shape index (κ3) is 3.92. The van der Waals surface area contributed by atoms with Gasteiger partial charge in [-0.1, -0.05) is 44.2 Å². The molecule has 0 fully saturated rings. The molecule has 0 spiro atoms. The molecular weight excluding hydrogens is 370 g/mol. The Morgan fingerprint density at radius 3 is 2.21 bits per heavy atom. The van der Waals surface area contributed by atoms with Crippen LogP contribution in [0.15, 0.2) is 41.8 Å². The molecule has 5 nitrogen and oxygen atoms in total. The molecule has 1 unspecified atom stereocenters. The minimum atomic E-state index is -0.620. The van der Waals surface area contributed by atoms with E-state index < -0.39 is 11.7 Å². The van der Waals surface area contributed by atoms with Crippen LogP contribution < -0.4 is 5.32 Å². The molecule has 0 saturated carbocycles. The van der Waals surface area contributed by atoms with Crippen molar-refractivity contribution in [3.05, 3.63) is 74.7 Å². The first-order valence-electron chi connectivity index (χ1n) is 9.28. The van der Waals surface area contributed by atoms with Gasteiger partial charge in [0.2, 0.25) is 0 Å². The first-order chi connectivity index (χ1) is 13.3. The summed E-state index contributed by atoms with van der Waals surface area (Å²) in [5.41, 5.74) is 3.81. The summed E-state index contributed by atoms with van der Waals surface area (Å²) in [6.07, 6.45) is 0. The van der Waals surface area contributed by atoms with Gasteiger partial charge >= 0.3 is 0 Å². The molecule has 28 heavy (non-hydrogen) atoms. The van der Waals surface area contributed by atoms with E-state index >= 15 is 0 Å². The number of nitrogens with zero attached hydrogens (tertiary/aromatic N) is 2. The van der Waals surface area contributed by atoms with E-state index in [1.165, 1.54) is 5.56 Å². The molecule has 0 saturated heterocycles. The van der Waals surface area contributed by atoms with Crippen LogP contribution in [-0.2, 0) is 11.8 Å². The SMILES string of the molecule is Cc1nn(C)c(C)c1C(=O)C(=O)NC(c1ccc(C(C)C)cc1)c1cccs1. The molecule has 3 aromatic rings. The van der Waals surface area contributed by atoms with Crippen molar-refractivity contribution in [3.8, 4) is 0 Å². The fraction of sp³-hybridized carbons (Fsp3) is 0.318. The summed E-state index contributed by atoms with van der Waals surface area (Å²) in [6, 6.07) is 11.7. The third-order valence-corrected chi connectivity index (χ3v) is 5.92. The van der Waals surface area contributed by atoms with Crippen LogP contribution >= 0.6 is 11.3 Å². The number of carbonyl (C=O) groups excluding carboxylic acids is 2. The average molecular weight is 396 g/mol. The van der Waals surface area contributed by atoms with Gasteiger partial charge in [0.1, 0.15) is 0 Å². The molecule has 0 bridgehead atoms. The molecule has 1 amide bonds. The zero-order valence-electron chi connectivity index (χ0n) is 16.8. The van der Waals surface area contributed by atoms with Gasteiger partial charge in [0.15, 0.2) is 0 Å². The van der Waals surface area contributed by atoms with Gasteiger partial charge in [-0.3, -0.25) is 14.3 Å². The number of benzene rings is 1. The van der Waals surface area contributed by atoms with Gasteiger partial charge in [-0.05, 0) is 42.3 Å². The monoisotopic (exact) mass is 395 g/mol. The molecule has 146 valence electrons. The van der Waals surface area contributed by atoms with E-state index in [4.69, 9.17) is 0 Å². The molecule has 1 aromatic carbocycles. The molecular formula is C22H25N3O2S. The summed E-state index contributed by atoms with van der Waals surface area (Å²) in [5.74, 6) is -0.740. The van der Waals surface area contributed by atoms with Crippen LogP contribution in [0.2, 0.25) is 0 Å². The fourth-order valence-electron chi connectivity index (χ4n) is 3.26. The van der Waals surface area contributed by atoms with E-state index in [0.717, 1.165) is 10.4 Å². The molecule has 1 atom stereocenters. The number of carbonyl (C=O) groups is 2. The Bertz CT molecular complexity index is 986. The molecule has 0 aliphatic heterocycles. The topological polar surface area (TPSA) is 64.0 Å². The minimum absolute atomic E-state index is 0.366. The van der Waals surface area contributed by atoms with Crippen molar-refractivity contribution in [3.63, 3.8) is 0 Å². The molecule has 2 aromatic heterocycles. The van der Waals surface area contributed by atoms with E-state index in [2.05, 4.69) is 36.4 Å². The number of ketones is 1. The predicted molar refractivity (Wildman–Crippen MR) is 112 cm³/mol. The van der Waals surface area contributed by atoms with Crippen molar-refractivity contribution in [2.75, 3.05) is 0 Å². The van der Waals surface area contributed by atoms with Gasteiger partial charge in [0.05, 0.1) is 17.3 Å². The highest BCUT2D eigenvalue weighted by molar-refractivity contribution is 7.10. The lowest BCUT2D eigenvalue weighted by atomic mass is 9.98. The Kier molecular flexibility index (Phi) is 5.79. The summed E-state index contributed by atoms with van der Waals surface area (Å²) < 4.78 is 1.62. The number of aryl methyl sites for hydroxylation is 2. The molecule has 3 rings (SSSR count). The zero-order valence-corrected chi connectivity index (χ0v) is 17.6. The normalized spacial score (nSPS) is 12.2. The number of hydrogen-bond acceptors (Lipinski definition) is 4. The first kappa shape index (κ1) is 20.0. The lowest BCUT2D eigenvalue weighted by Gasteiger charge is -2.18. The van der Waals surface area contributed by atoms with Crippen molar-refractivity contribution < 1.29 is 9.59 Å². The quantitative estimate of drug-likeness (QED) is 0.500. The number of nitrogens with one attached hydrogen (secondary N) is 1. The molecule has 2 heterocycles. The van der Waals surface area contributed by atoms with Crippen LogP contribution in [0.4, 0.5) is 0 Å². The van der Waals surface area contributed by atoms with Crippen LogP contribution in [0.3, 0.4) is 0 Å². The average Bonchev–Trinajstić information content (AvgIpc) is 3.28.